The predicted molar refractivity (Wildman–Crippen MR) is 80.0 cm³/mol. The van der Waals surface area contributed by atoms with Gasteiger partial charge < -0.3 is 20.8 Å². The van der Waals surface area contributed by atoms with Gasteiger partial charge in [0.2, 0.25) is 5.91 Å². The second-order valence-corrected chi connectivity index (χ2v) is 6.60. The van der Waals surface area contributed by atoms with Crippen LogP contribution in [-0.2, 0) is 11.2 Å². The monoisotopic (exact) mass is 308 g/mol. The molecule has 120 valence electrons. The van der Waals surface area contributed by atoms with E-state index in [-0.39, 0.29) is 31.0 Å². The van der Waals surface area contributed by atoms with Crippen molar-refractivity contribution in [2.45, 2.75) is 38.3 Å². The molecule has 1 fully saturated rings. The minimum atomic E-state index is -0.468. The molecule has 1 aromatic carbocycles. The Labute approximate surface area is 128 Å². The van der Waals surface area contributed by atoms with Crippen molar-refractivity contribution in [1.82, 2.24) is 5.32 Å². The maximum absolute atomic E-state index is 13.9. The third-order valence-corrected chi connectivity index (χ3v) is 4.77. The summed E-state index contributed by atoms with van der Waals surface area (Å²) in [6.07, 6.45) is 1.48. The number of fused-ring (bicyclic) bond motifs is 1. The molecule has 6 heteroatoms. The summed E-state index contributed by atoms with van der Waals surface area (Å²) in [5, 5.41) is 24.5. The van der Waals surface area contributed by atoms with Gasteiger partial charge in [-0.3, -0.25) is 4.79 Å². The number of nitrogens with one attached hydrogen (secondary N) is 2. The number of aliphatic hydroxyl groups is 2. The van der Waals surface area contributed by atoms with Crippen LogP contribution in [0.1, 0.15) is 24.0 Å². The maximum Gasteiger partial charge on any atom is 0.243 e. The van der Waals surface area contributed by atoms with Crippen molar-refractivity contribution in [2.24, 2.45) is 5.41 Å². The molecule has 4 N–H and O–H groups in total. The molecule has 1 unspecified atom stereocenters. The molecule has 0 aromatic heterocycles. The Morgan fingerprint density at radius 3 is 2.73 bits per heavy atom. The summed E-state index contributed by atoms with van der Waals surface area (Å²) in [5.41, 5.74) is 1.60. The van der Waals surface area contributed by atoms with Crippen molar-refractivity contribution in [3.8, 4) is 0 Å². The van der Waals surface area contributed by atoms with Crippen LogP contribution < -0.4 is 10.6 Å². The largest absolute Gasteiger partial charge is 0.396 e. The van der Waals surface area contributed by atoms with Crippen LogP contribution in [0.25, 0.3) is 0 Å². The molecule has 5 nitrogen and oxygen atoms in total. The van der Waals surface area contributed by atoms with Gasteiger partial charge >= 0.3 is 0 Å². The molecule has 1 saturated carbocycles. The van der Waals surface area contributed by atoms with Gasteiger partial charge in [0, 0.05) is 29.1 Å². The molecule has 22 heavy (non-hydrogen) atoms. The standard InChI is InChI=1S/C16H21FN2O3/c1-9-2-12(17)11-4-14(19-13(11)3-9)15(22)18-10-5-16(6-10,7-20)8-21/h2-3,10,14,19-21H,4-8H2,1H3,(H,18,22). The highest BCUT2D eigenvalue weighted by Gasteiger charge is 2.44. The number of hydrogen-bond donors (Lipinski definition) is 4. The fraction of sp³-hybridized carbons (Fsp3) is 0.562. The number of benzene rings is 1. The first-order valence-electron chi connectivity index (χ1n) is 7.54. The van der Waals surface area contributed by atoms with E-state index in [1.165, 1.54) is 6.07 Å². The van der Waals surface area contributed by atoms with E-state index < -0.39 is 11.5 Å². The second kappa shape index (κ2) is 5.52. The molecule has 1 heterocycles. The van der Waals surface area contributed by atoms with Crippen LogP contribution in [0.5, 0.6) is 0 Å². The van der Waals surface area contributed by atoms with Gasteiger partial charge in [0.1, 0.15) is 11.9 Å². The van der Waals surface area contributed by atoms with Crippen LogP contribution in [0.4, 0.5) is 10.1 Å². The van der Waals surface area contributed by atoms with E-state index in [9.17, 15) is 19.4 Å². The molecule has 0 saturated heterocycles. The zero-order valence-electron chi connectivity index (χ0n) is 12.5. The molecule has 1 atom stereocenters. The van der Waals surface area contributed by atoms with Gasteiger partial charge in [-0.25, -0.2) is 4.39 Å². The van der Waals surface area contributed by atoms with Gasteiger partial charge in [-0.1, -0.05) is 0 Å². The second-order valence-electron chi connectivity index (χ2n) is 6.60. The zero-order chi connectivity index (χ0) is 15.9. The van der Waals surface area contributed by atoms with E-state index in [2.05, 4.69) is 10.6 Å². The van der Waals surface area contributed by atoms with Crippen molar-refractivity contribution in [3.63, 3.8) is 0 Å². The molecule has 0 radical (unpaired) electrons. The van der Waals surface area contributed by atoms with Gasteiger partial charge in [0.05, 0.1) is 13.2 Å². The SMILES string of the molecule is Cc1cc(F)c2c(c1)NC(C(=O)NC1CC(CO)(CO)C1)C2. The third kappa shape index (κ3) is 2.57. The number of aryl methyl sites for hydroxylation is 1. The highest BCUT2D eigenvalue weighted by atomic mass is 19.1. The minimum absolute atomic E-state index is 0.0381. The lowest BCUT2D eigenvalue weighted by molar-refractivity contribution is -0.125. The Morgan fingerprint density at radius 1 is 1.41 bits per heavy atom. The molecule has 0 spiro atoms. The van der Waals surface area contributed by atoms with Crippen LogP contribution >= 0.6 is 0 Å². The highest BCUT2D eigenvalue weighted by molar-refractivity contribution is 5.87. The summed E-state index contributed by atoms with van der Waals surface area (Å²) in [6, 6.07) is 2.81. The summed E-state index contributed by atoms with van der Waals surface area (Å²) in [6.45, 7) is 1.66. The van der Waals surface area contributed by atoms with Gasteiger partial charge in [0.15, 0.2) is 0 Å². The average Bonchev–Trinajstić information content (AvgIpc) is 2.86. The van der Waals surface area contributed by atoms with Gasteiger partial charge in [-0.2, -0.15) is 0 Å². The first kappa shape index (κ1) is 15.2. The number of halogens is 1. The average molecular weight is 308 g/mol. The molecule has 1 aliphatic carbocycles. The predicted octanol–water partition coefficient (Wildman–Crippen LogP) is 0.720. The molecular weight excluding hydrogens is 287 g/mol. The van der Waals surface area contributed by atoms with Crippen LogP contribution in [0, 0.1) is 18.2 Å². The normalized spacial score (nSPS) is 22.6. The van der Waals surface area contributed by atoms with E-state index in [0.717, 1.165) is 5.56 Å². The summed E-state index contributed by atoms with van der Waals surface area (Å²) >= 11 is 0. The van der Waals surface area contributed by atoms with Crippen molar-refractivity contribution < 1.29 is 19.4 Å². The molecule has 0 bridgehead atoms. The summed E-state index contributed by atoms with van der Waals surface area (Å²) in [5.74, 6) is -0.441. The molecule has 2 aliphatic rings. The Morgan fingerprint density at radius 2 is 2.09 bits per heavy atom. The lowest BCUT2D eigenvalue weighted by Crippen LogP contribution is -2.56. The smallest absolute Gasteiger partial charge is 0.243 e. The lowest BCUT2D eigenvalue weighted by Gasteiger charge is -2.45. The van der Waals surface area contributed by atoms with Gasteiger partial charge in [-0.05, 0) is 37.5 Å². The van der Waals surface area contributed by atoms with E-state index in [0.29, 0.717) is 30.5 Å². The van der Waals surface area contributed by atoms with E-state index in [1.807, 2.05) is 13.0 Å². The van der Waals surface area contributed by atoms with Crippen molar-refractivity contribution >= 4 is 11.6 Å². The molecular formula is C16H21FN2O3. The number of carbonyl (C=O) groups is 1. The number of carbonyl (C=O) groups excluding carboxylic acids is 1. The van der Waals surface area contributed by atoms with Crippen molar-refractivity contribution in [1.29, 1.82) is 0 Å². The van der Waals surface area contributed by atoms with Gasteiger partial charge in [0.25, 0.3) is 0 Å². The zero-order valence-corrected chi connectivity index (χ0v) is 12.5. The molecule has 3 rings (SSSR count). The Kier molecular flexibility index (Phi) is 3.82. The Hall–Kier alpha value is -1.66. The van der Waals surface area contributed by atoms with E-state index in [1.54, 1.807) is 0 Å². The molecule has 1 aromatic rings. The summed E-state index contributed by atoms with van der Waals surface area (Å²) in [7, 11) is 0. The molecule has 1 amide bonds. The van der Waals surface area contributed by atoms with Crippen LogP contribution in [0.15, 0.2) is 12.1 Å². The fourth-order valence-corrected chi connectivity index (χ4v) is 3.41. The maximum atomic E-state index is 13.9. The lowest BCUT2D eigenvalue weighted by atomic mass is 9.66. The van der Waals surface area contributed by atoms with E-state index in [4.69, 9.17) is 0 Å². The van der Waals surface area contributed by atoms with Crippen molar-refractivity contribution in [3.05, 3.63) is 29.1 Å². The number of anilines is 1. The molecule has 1 aliphatic heterocycles. The van der Waals surface area contributed by atoms with Crippen LogP contribution in [0.2, 0.25) is 0 Å². The van der Waals surface area contributed by atoms with Crippen molar-refractivity contribution in [2.75, 3.05) is 18.5 Å². The third-order valence-electron chi connectivity index (χ3n) is 4.77. The first-order chi connectivity index (χ1) is 10.5. The summed E-state index contributed by atoms with van der Waals surface area (Å²) < 4.78 is 13.9. The van der Waals surface area contributed by atoms with Gasteiger partial charge in [-0.15, -0.1) is 0 Å². The topological polar surface area (TPSA) is 81.6 Å². The number of hydrogen-bond acceptors (Lipinski definition) is 4. The first-order valence-corrected chi connectivity index (χ1v) is 7.54. The number of amides is 1. The van der Waals surface area contributed by atoms with Crippen LogP contribution in [-0.4, -0.2) is 41.4 Å². The number of rotatable bonds is 4. The quantitative estimate of drug-likeness (QED) is 0.661. The van der Waals surface area contributed by atoms with E-state index >= 15 is 0 Å². The number of aliphatic hydroxyl groups excluding tert-OH is 2. The Balaban J connectivity index is 1.59. The fourth-order valence-electron chi connectivity index (χ4n) is 3.41. The van der Waals surface area contributed by atoms with Crippen LogP contribution in [0.3, 0.4) is 0 Å². The Bertz CT molecular complexity index is 593. The highest BCUT2D eigenvalue weighted by Crippen LogP contribution is 2.40. The summed E-state index contributed by atoms with van der Waals surface area (Å²) in [4.78, 5) is 12.3. The minimum Gasteiger partial charge on any atom is -0.396 e.